The van der Waals surface area contributed by atoms with E-state index in [0.29, 0.717) is 25.1 Å². The number of nitrogens with one attached hydrogen (secondary N) is 1. The second-order valence-electron chi connectivity index (χ2n) is 5.46. The molecule has 0 aromatic heterocycles. The highest BCUT2D eigenvalue weighted by atomic mass is 16.5. The van der Waals surface area contributed by atoms with Gasteiger partial charge in [-0.2, -0.15) is 0 Å². The van der Waals surface area contributed by atoms with Crippen molar-refractivity contribution < 1.29 is 19.4 Å². The van der Waals surface area contributed by atoms with Gasteiger partial charge in [-0.15, -0.1) is 0 Å². The summed E-state index contributed by atoms with van der Waals surface area (Å²) in [6.45, 7) is 0.919. The van der Waals surface area contributed by atoms with Gasteiger partial charge in [0.1, 0.15) is 6.61 Å². The highest BCUT2D eigenvalue weighted by molar-refractivity contribution is 5.94. The third-order valence-corrected chi connectivity index (χ3v) is 3.90. The number of methoxy groups -OCH3 is 1. The number of hydrogen-bond acceptors (Lipinski definition) is 4. The molecule has 6 nitrogen and oxygen atoms in total. The number of carbonyl (C=O) groups excluding carboxylic acids is 2. The van der Waals surface area contributed by atoms with Crippen molar-refractivity contribution in [3.63, 3.8) is 0 Å². The first-order valence-electron chi connectivity index (χ1n) is 7.39. The maximum Gasteiger partial charge on any atom is 0.253 e. The summed E-state index contributed by atoms with van der Waals surface area (Å²) in [6.07, 6.45) is 0.624. The van der Waals surface area contributed by atoms with E-state index < -0.39 is 0 Å². The summed E-state index contributed by atoms with van der Waals surface area (Å²) in [4.78, 5) is 25.8. The average molecular weight is 306 g/mol. The van der Waals surface area contributed by atoms with Crippen molar-refractivity contribution in [2.24, 2.45) is 5.92 Å². The predicted octanol–water partition coefficient (Wildman–Crippen LogP) is 0.272. The van der Waals surface area contributed by atoms with Gasteiger partial charge in [0, 0.05) is 44.3 Å². The number of amides is 2. The van der Waals surface area contributed by atoms with Crippen LogP contribution in [0.5, 0.6) is 0 Å². The molecule has 22 heavy (non-hydrogen) atoms. The summed E-state index contributed by atoms with van der Waals surface area (Å²) < 4.78 is 4.79. The minimum Gasteiger partial charge on any atom is -0.396 e. The molecule has 1 aromatic carbocycles. The molecular weight excluding hydrogens is 284 g/mol. The topological polar surface area (TPSA) is 78.9 Å². The van der Waals surface area contributed by atoms with E-state index >= 15 is 0 Å². The number of ether oxygens (including phenoxy) is 1. The van der Waals surface area contributed by atoms with Gasteiger partial charge in [0.2, 0.25) is 5.91 Å². The molecule has 6 heteroatoms. The summed E-state index contributed by atoms with van der Waals surface area (Å²) >= 11 is 0. The van der Waals surface area contributed by atoms with E-state index in [4.69, 9.17) is 4.74 Å². The highest BCUT2D eigenvalue weighted by Gasteiger charge is 2.32. The van der Waals surface area contributed by atoms with Gasteiger partial charge in [-0.25, -0.2) is 0 Å². The van der Waals surface area contributed by atoms with Crippen molar-refractivity contribution in [1.29, 1.82) is 0 Å². The number of likely N-dealkylation sites (tertiary alicyclic amines) is 1. The molecule has 0 bridgehead atoms. The smallest absolute Gasteiger partial charge is 0.253 e. The van der Waals surface area contributed by atoms with E-state index in [-0.39, 0.29) is 37.0 Å². The normalized spacial score (nSPS) is 21.5. The predicted molar refractivity (Wildman–Crippen MR) is 81.3 cm³/mol. The first-order valence-corrected chi connectivity index (χ1v) is 7.39. The number of aliphatic hydroxyl groups is 1. The summed E-state index contributed by atoms with van der Waals surface area (Å²) in [5.74, 6) is -0.406. The maximum atomic E-state index is 12.4. The van der Waals surface area contributed by atoms with Gasteiger partial charge in [-0.05, 0) is 18.6 Å². The lowest BCUT2D eigenvalue weighted by Crippen LogP contribution is -2.54. The molecule has 1 aliphatic rings. The molecule has 1 aromatic rings. The van der Waals surface area contributed by atoms with Crippen molar-refractivity contribution in [1.82, 2.24) is 10.2 Å². The summed E-state index contributed by atoms with van der Waals surface area (Å²) in [5.41, 5.74) is 0.640. The van der Waals surface area contributed by atoms with Crippen molar-refractivity contribution in [2.45, 2.75) is 12.5 Å². The fourth-order valence-electron chi connectivity index (χ4n) is 2.73. The van der Waals surface area contributed by atoms with Crippen molar-refractivity contribution >= 4 is 11.8 Å². The quantitative estimate of drug-likeness (QED) is 0.818. The van der Waals surface area contributed by atoms with Crippen molar-refractivity contribution in [3.8, 4) is 0 Å². The van der Waals surface area contributed by atoms with E-state index in [2.05, 4.69) is 5.32 Å². The van der Waals surface area contributed by atoms with Crippen LogP contribution in [-0.4, -0.2) is 61.3 Å². The Morgan fingerprint density at radius 1 is 1.36 bits per heavy atom. The fourth-order valence-corrected chi connectivity index (χ4v) is 2.73. The van der Waals surface area contributed by atoms with Crippen LogP contribution in [0.2, 0.25) is 0 Å². The van der Waals surface area contributed by atoms with Gasteiger partial charge >= 0.3 is 0 Å². The lowest BCUT2D eigenvalue weighted by molar-refractivity contribution is -0.126. The van der Waals surface area contributed by atoms with E-state index in [1.165, 1.54) is 7.11 Å². The monoisotopic (exact) mass is 306 g/mol. The Balaban J connectivity index is 1.97. The fraction of sp³-hybridized carbons (Fsp3) is 0.500. The molecule has 1 fully saturated rings. The molecular formula is C16H22N2O4. The number of rotatable bonds is 5. The second-order valence-corrected chi connectivity index (χ2v) is 5.46. The third kappa shape index (κ3) is 4.05. The minimum absolute atomic E-state index is 0.00130. The van der Waals surface area contributed by atoms with Crippen LogP contribution in [0.4, 0.5) is 0 Å². The number of nitrogens with zero attached hydrogens (tertiary/aromatic N) is 1. The van der Waals surface area contributed by atoms with Gasteiger partial charge in [0.15, 0.2) is 0 Å². The minimum atomic E-state index is -0.200. The zero-order chi connectivity index (χ0) is 15.9. The molecule has 1 aliphatic heterocycles. The van der Waals surface area contributed by atoms with Crippen LogP contribution in [0, 0.1) is 5.92 Å². The molecule has 0 aliphatic carbocycles. The summed E-state index contributed by atoms with van der Waals surface area (Å²) in [5, 5.41) is 12.4. The standard InChI is InChI=1S/C16H22N2O4/c1-22-11-15(20)17-14-7-8-18(9-13(14)10-19)16(21)12-5-3-2-4-6-12/h2-6,13-14,19H,7-11H2,1H3,(H,17,20)/t13-,14-/m1/s1. The van der Waals surface area contributed by atoms with Gasteiger partial charge in [0.05, 0.1) is 0 Å². The Kier molecular flexibility index (Phi) is 5.91. The van der Waals surface area contributed by atoms with Crippen molar-refractivity contribution in [2.75, 3.05) is 33.4 Å². The van der Waals surface area contributed by atoms with Crippen molar-refractivity contribution in [3.05, 3.63) is 35.9 Å². The molecule has 2 N–H and O–H groups in total. The number of benzene rings is 1. The Morgan fingerprint density at radius 3 is 2.73 bits per heavy atom. The molecule has 0 radical (unpaired) electrons. The Hall–Kier alpha value is -1.92. The lowest BCUT2D eigenvalue weighted by atomic mass is 9.92. The summed E-state index contributed by atoms with van der Waals surface area (Å²) in [7, 11) is 1.46. The first kappa shape index (κ1) is 16.5. The largest absolute Gasteiger partial charge is 0.396 e. The SMILES string of the molecule is COCC(=O)N[C@@H]1CCN(C(=O)c2ccccc2)C[C@@H]1CO. The molecule has 2 rings (SSSR count). The number of piperidine rings is 1. The Bertz CT molecular complexity index is 506. The van der Waals surface area contributed by atoms with E-state index in [1.54, 1.807) is 17.0 Å². The average Bonchev–Trinajstić information content (AvgIpc) is 2.55. The van der Waals surface area contributed by atoms with Crippen LogP contribution in [0.25, 0.3) is 0 Å². The number of hydrogen-bond donors (Lipinski definition) is 2. The molecule has 120 valence electrons. The maximum absolute atomic E-state index is 12.4. The van der Waals surface area contributed by atoms with E-state index in [9.17, 15) is 14.7 Å². The second kappa shape index (κ2) is 7.91. The van der Waals surface area contributed by atoms with Gasteiger partial charge in [-0.3, -0.25) is 9.59 Å². The molecule has 2 atom stereocenters. The number of aliphatic hydroxyl groups excluding tert-OH is 1. The van der Waals surface area contributed by atoms with Crippen LogP contribution >= 0.6 is 0 Å². The van der Waals surface area contributed by atoms with E-state index in [0.717, 1.165) is 0 Å². The number of carbonyl (C=O) groups is 2. The van der Waals surface area contributed by atoms with Crippen LogP contribution in [-0.2, 0) is 9.53 Å². The van der Waals surface area contributed by atoms with Crippen LogP contribution in [0.15, 0.2) is 30.3 Å². The zero-order valence-electron chi connectivity index (χ0n) is 12.7. The molecule has 0 unspecified atom stereocenters. The Labute approximate surface area is 130 Å². The summed E-state index contributed by atoms with van der Waals surface area (Å²) in [6, 6.07) is 8.95. The van der Waals surface area contributed by atoms with Gasteiger partial charge in [-0.1, -0.05) is 18.2 Å². The van der Waals surface area contributed by atoms with Gasteiger partial charge in [0.25, 0.3) is 5.91 Å². The zero-order valence-corrected chi connectivity index (χ0v) is 12.7. The molecule has 2 amide bonds. The highest BCUT2D eigenvalue weighted by Crippen LogP contribution is 2.19. The van der Waals surface area contributed by atoms with Crippen LogP contribution in [0.3, 0.4) is 0 Å². The van der Waals surface area contributed by atoms with E-state index in [1.807, 2.05) is 18.2 Å². The van der Waals surface area contributed by atoms with Gasteiger partial charge < -0.3 is 20.1 Å². The molecule has 1 saturated heterocycles. The van der Waals surface area contributed by atoms with Crippen LogP contribution < -0.4 is 5.32 Å². The third-order valence-electron chi connectivity index (χ3n) is 3.90. The van der Waals surface area contributed by atoms with Crippen LogP contribution in [0.1, 0.15) is 16.8 Å². The first-order chi connectivity index (χ1) is 10.7. The lowest BCUT2D eigenvalue weighted by Gasteiger charge is -2.38. The Morgan fingerprint density at radius 2 is 2.09 bits per heavy atom. The molecule has 1 heterocycles. The molecule has 0 spiro atoms. The molecule has 0 saturated carbocycles.